The Hall–Kier alpha value is -4.69. The molecule has 41 heavy (non-hydrogen) atoms. The Morgan fingerprint density at radius 1 is 0.829 bits per heavy atom. The molecule has 0 spiro atoms. The highest BCUT2D eigenvalue weighted by molar-refractivity contribution is 7.93. The predicted molar refractivity (Wildman–Crippen MR) is 159 cm³/mol. The lowest BCUT2D eigenvalue weighted by Crippen LogP contribution is -2.37. The van der Waals surface area contributed by atoms with Gasteiger partial charge in [-0.15, -0.1) is 0 Å². The Morgan fingerprint density at radius 2 is 1.44 bits per heavy atom. The highest BCUT2D eigenvalue weighted by Crippen LogP contribution is 2.38. The molecule has 0 saturated heterocycles. The summed E-state index contributed by atoms with van der Waals surface area (Å²) in [5, 5.41) is 0.332. The first-order chi connectivity index (χ1) is 19.6. The van der Waals surface area contributed by atoms with Gasteiger partial charge >= 0.3 is 5.97 Å². The number of aryl methyl sites for hydroxylation is 3. The van der Waals surface area contributed by atoms with Gasteiger partial charge in [0.25, 0.3) is 15.9 Å². The summed E-state index contributed by atoms with van der Waals surface area (Å²) < 4.78 is 41.0. The van der Waals surface area contributed by atoms with Gasteiger partial charge < -0.3 is 9.15 Å². The quantitative estimate of drug-likeness (QED) is 0.193. The third-order valence-electron chi connectivity index (χ3n) is 6.73. The Morgan fingerprint density at radius 3 is 2.05 bits per heavy atom. The number of rotatable bonds is 7. The monoisotopic (exact) mass is 567 g/mol. The van der Waals surface area contributed by atoms with E-state index in [0.29, 0.717) is 33.4 Å². The van der Waals surface area contributed by atoms with Gasteiger partial charge in [-0.25, -0.2) is 13.2 Å². The second kappa shape index (κ2) is 11.1. The average molecular weight is 568 g/mol. The van der Waals surface area contributed by atoms with Crippen molar-refractivity contribution in [2.45, 2.75) is 32.6 Å². The number of hydrogen-bond donors (Lipinski definition) is 0. The Labute approximate surface area is 239 Å². The fraction of sp³-hybridized carbons (Fsp3) is 0.152. The third-order valence-corrected chi connectivity index (χ3v) is 8.75. The fourth-order valence-electron chi connectivity index (χ4n) is 5.14. The van der Waals surface area contributed by atoms with E-state index in [9.17, 15) is 18.0 Å². The SMILES string of the molecule is CCOC(=O)c1c(-c2ccccc2)oc2ccc(N(C(=O)c3ccccc3)S(=O)(=O)c3c(C)cc(C)cc3C)cc12. The number of ether oxygens (including phenoxy) is 1. The Bertz CT molecular complexity index is 1850. The molecule has 0 bridgehead atoms. The van der Waals surface area contributed by atoms with Gasteiger partial charge in [0.1, 0.15) is 16.9 Å². The lowest BCUT2D eigenvalue weighted by Gasteiger charge is -2.25. The fourth-order valence-corrected chi connectivity index (χ4v) is 6.97. The van der Waals surface area contributed by atoms with E-state index in [1.54, 1.807) is 81.4 Å². The number of benzene rings is 4. The van der Waals surface area contributed by atoms with Crippen molar-refractivity contribution < 1.29 is 27.2 Å². The largest absolute Gasteiger partial charge is 0.462 e. The molecule has 8 heteroatoms. The van der Waals surface area contributed by atoms with Crippen molar-refractivity contribution >= 4 is 38.6 Å². The Balaban J connectivity index is 1.78. The molecule has 4 aromatic carbocycles. The van der Waals surface area contributed by atoms with Crippen LogP contribution in [0.3, 0.4) is 0 Å². The molecule has 5 aromatic rings. The van der Waals surface area contributed by atoms with Crippen molar-refractivity contribution in [3.05, 3.63) is 119 Å². The zero-order valence-electron chi connectivity index (χ0n) is 23.2. The number of nitrogens with zero attached hydrogens (tertiary/aromatic N) is 1. The molecule has 0 unspecified atom stereocenters. The number of hydrogen-bond acceptors (Lipinski definition) is 6. The maximum Gasteiger partial charge on any atom is 0.342 e. The van der Waals surface area contributed by atoms with Crippen molar-refractivity contribution in [2.75, 3.05) is 10.9 Å². The van der Waals surface area contributed by atoms with Gasteiger partial charge in [-0.3, -0.25) is 4.79 Å². The number of esters is 1. The van der Waals surface area contributed by atoms with E-state index in [4.69, 9.17) is 9.15 Å². The van der Waals surface area contributed by atoms with Crippen LogP contribution in [-0.4, -0.2) is 26.9 Å². The minimum atomic E-state index is -4.40. The second-order valence-corrected chi connectivity index (χ2v) is 11.5. The van der Waals surface area contributed by atoms with Crippen molar-refractivity contribution in [1.29, 1.82) is 0 Å². The van der Waals surface area contributed by atoms with Crippen LogP contribution in [0.15, 0.2) is 100 Å². The van der Waals surface area contributed by atoms with Crippen LogP contribution in [-0.2, 0) is 14.8 Å². The van der Waals surface area contributed by atoms with E-state index in [0.717, 1.165) is 9.87 Å². The molecule has 1 amide bonds. The van der Waals surface area contributed by atoms with Gasteiger partial charge in [-0.2, -0.15) is 4.31 Å². The summed E-state index contributed by atoms with van der Waals surface area (Å²) >= 11 is 0. The zero-order valence-corrected chi connectivity index (χ0v) is 24.0. The molecule has 0 aliphatic carbocycles. The van der Waals surface area contributed by atoms with Gasteiger partial charge in [-0.1, -0.05) is 66.2 Å². The molecule has 208 valence electrons. The first-order valence-electron chi connectivity index (χ1n) is 13.1. The minimum Gasteiger partial charge on any atom is -0.462 e. The summed E-state index contributed by atoms with van der Waals surface area (Å²) in [5.41, 5.74) is 3.38. The van der Waals surface area contributed by atoms with E-state index in [-0.39, 0.29) is 28.3 Å². The van der Waals surface area contributed by atoms with Gasteiger partial charge in [0.2, 0.25) is 0 Å². The van der Waals surface area contributed by atoms with Crippen LogP contribution < -0.4 is 4.31 Å². The van der Waals surface area contributed by atoms with Crippen LogP contribution >= 0.6 is 0 Å². The summed E-state index contributed by atoms with van der Waals surface area (Å²) in [6.45, 7) is 7.15. The normalized spacial score (nSPS) is 11.4. The molecule has 1 aromatic heterocycles. The van der Waals surface area contributed by atoms with Crippen molar-refractivity contribution in [2.24, 2.45) is 0 Å². The number of furan rings is 1. The van der Waals surface area contributed by atoms with Crippen LogP contribution in [0.2, 0.25) is 0 Å². The number of fused-ring (bicyclic) bond motifs is 1. The molecular formula is C33H29NO6S. The number of carbonyl (C=O) groups excluding carboxylic acids is 2. The van der Waals surface area contributed by atoms with E-state index < -0.39 is 21.9 Å². The summed E-state index contributed by atoms with van der Waals surface area (Å²) in [5.74, 6) is -1.05. The van der Waals surface area contributed by atoms with Crippen LogP contribution in [0.1, 0.15) is 44.3 Å². The molecule has 7 nitrogen and oxygen atoms in total. The van der Waals surface area contributed by atoms with Crippen LogP contribution in [0.4, 0.5) is 5.69 Å². The summed E-state index contributed by atoms with van der Waals surface area (Å²) in [6.07, 6.45) is 0. The van der Waals surface area contributed by atoms with E-state index in [1.165, 1.54) is 12.1 Å². The molecule has 0 fully saturated rings. The number of amides is 1. The molecule has 0 atom stereocenters. The topological polar surface area (TPSA) is 93.9 Å². The van der Waals surface area contributed by atoms with E-state index in [2.05, 4.69) is 0 Å². The van der Waals surface area contributed by atoms with Crippen molar-refractivity contribution in [1.82, 2.24) is 0 Å². The summed E-state index contributed by atoms with van der Waals surface area (Å²) in [4.78, 5) is 27.2. The van der Waals surface area contributed by atoms with Crippen LogP contribution in [0.5, 0.6) is 0 Å². The van der Waals surface area contributed by atoms with Gasteiger partial charge in [0.15, 0.2) is 0 Å². The first kappa shape index (κ1) is 27.9. The number of sulfonamides is 1. The van der Waals surface area contributed by atoms with Crippen LogP contribution in [0.25, 0.3) is 22.3 Å². The van der Waals surface area contributed by atoms with E-state index >= 15 is 0 Å². The molecule has 0 aliphatic rings. The van der Waals surface area contributed by atoms with Crippen molar-refractivity contribution in [3.63, 3.8) is 0 Å². The lowest BCUT2D eigenvalue weighted by atomic mass is 10.1. The summed E-state index contributed by atoms with van der Waals surface area (Å²) in [6, 6.07) is 25.4. The summed E-state index contributed by atoms with van der Waals surface area (Å²) in [7, 11) is -4.40. The molecule has 0 radical (unpaired) electrons. The highest BCUT2D eigenvalue weighted by Gasteiger charge is 2.35. The highest BCUT2D eigenvalue weighted by atomic mass is 32.2. The van der Waals surface area contributed by atoms with Gasteiger partial charge in [0.05, 0.1) is 17.2 Å². The van der Waals surface area contributed by atoms with Gasteiger partial charge in [0, 0.05) is 16.5 Å². The number of carbonyl (C=O) groups is 2. The molecule has 0 saturated carbocycles. The molecular weight excluding hydrogens is 538 g/mol. The lowest BCUT2D eigenvalue weighted by molar-refractivity contribution is 0.0528. The van der Waals surface area contributed by atoms with Crippen LogP contribution in [0, 0.1) is 20.8 Å². The predicted octanol–water partition coefficient (Wildman–Crippen LogP) is 7.24. The molecule has 0 N–H and O–H groups in total. The number of anilines is 1. The molecule has 1 heterocycles. The first-order valence-corrected chi connectivity index (χ1v) is 14.6. The molecule has 0 aliphatic heterocycles. The van der Waals surface area contributed by atoms with E-state index in [1.807, 2.05) is 25.1 Å². The second-order valence-electron chi connectivity index (χ2n) is 9.74. The standard InChI is InChI=1S/C33H29NO6S/c1-5-39-33(36)29-27-20-26(16-17-28(27)40-30(29)24-12-8-6-9-13-24)34(32(35)25-14-10-7-11-15-25)41(37,38)31-22(3)18-21(2)19-23(31)4/h6-20H,5H2,1-4H3. The third kappa shape index (κ3) is 5.14. The molecule has 5 rings (SSSR count). The smallest absolute Gasteiger partial charge is 0.342 e. The Kier molecular flexibility index (Phi) is 7.51. The van der Waals surface area contributed by atoms with Crippen molar-refractivity contribution in [3.8, 4) is 11.3 Å². The maximum atomic E-state index is 14.4. The minimum absolute atomic E-state index is 0.0512. The zero-order chi connectivity index (χ0) is 29.3. The average Bonchev–Trinajstić information content (AvgIpc) is 3.32. The maximum absolute atomic E-state index is 14.4. The van der Waals surface area contributed by atoms with Gasteiger partial charge in [-0.05, 0) is 69.2 Å².